The number of thiocarbonyl (C=S) groups is 1. The Labute approximate surface area is 207 Å². The largest absolute Gasteiger partial charge is 0.291 e. The zero-order valence-electron chi connectivity index (χ0n) is 19.2. The molecular weight excluding hydrogens is 454 g/mol. The lowest BCUT2D eigenvalue weighted by molar-refractivity contribution is 0.00121. The highest BCUT2D eigenvalue weighted by Gasteiger charge is 2.56. The van der Waals surface area contributed by atoms with Crippen LogP contribution in [0.15, 0.2) is 29.3 Å². The third-order valence-electron chi connectivity index (χ3n) is 8.77. The van der Waals surface area contributed by atoms with Crippen molar-refractivity contribution in [3.05, 3.63) is 29.3 Å². The molecule has 0 aromatic heterocycles. The van der Waals surface area contributed by atoms with Gasteiger partial charge in [-0.25, -0.2) is 0 Å². The molecule has 4 aliphatic carbocycles. The molecule has 6 aliphatic rings. The highest BCUT2D eigenvalue weighted by molar-refractivity contribution is 7.99. The average Bonchev–Trinajstić information content (AvgIpc) is 2.93. The first-order chi connectivity index (χ1) is 15.4. The number of rotatable bonds is 3. The summed E-state index contributed by atoms with van der Waals surface area (Å²) in [6.07, 6.45) is 8.14. The molecule has 4 bridgehead atoms. The van der Waals surface area contributed by atoms with E-state index < -0.39 is 0 Å². The first-order valence-corrected chi connectivity index (χ1v) is 14.3. The predicted octanol–water partition coefficient (Wildman–Crippen LogP) is 6.30. The summed E-state index contributed by atoms with van der Waals surface area (Å²) in [5, 5.41) is 0.763. The second-order valence-electron chi connectivity index (χ2n) is 11.5. The van der Waals surface area contributed by atoms with Crippen molar-refractivity contribution in [3.63, 3.8) is 0 Å². The first-order valence-electron chi connectivity index (χ1n) is 12.4. The number of benzene rings is 1. The summed E-state index contributed by atoms with van der Waals surface area (Å²) in [6, 6.07) is 8.41. The Morgan fingerprint density at radius 3 is 2.19 bits per heavy atom. The summed E-state index contributed by atoms with van der Waals surface area (Å²) in [5.74, 6) is 6.20. The van der Waals surface area contributed by atoms with Gasteiger partial charge < -0.3 is 0 Å². The number of amidine groups is 1. The normalized spacial score (nSPS) is 39.9. The van der Waals surface area contributed by atoms with Gasteiger partial charge in [-0.1, -0.05) is 49.8 Å². The first kappa shape index (κ1) is 21.9. The maximum Gasteiger partial charge on any atom is 0.128 e. The maximum absolute atomic E-state index is 6.76. The number of thioether (sulfide) groups is 1. The van der Waals surface area contributed by atoms with Crippen molar-refractivity contribution >= 4 is 52.1 Å². The number of nitrogens with zero attached hydrogens (tertiary/aromatic N) is 3. The van der Waals surface area contributed by atoms with E-state index in [1.165, 1.54) is 55.9 Å². The summed E-state index contributed by atoms with van der Waals surface area (Å²) in [4.78, 5) is 11.7. The Hall–Kier alpha value is -0.620. The van der Waals surface area contributed by atoms with Crippen molar-refractivity contribution in [1.29, 1.82) is 0 Å². The Balaban J connectivity index is 1.49. The van der Waals surface area contributed by atoms with Crippen LogP contribution in [-0.2, 0) is 0 Å². The minimum atomic E-state index is -0.155. The second-order valence-corrected chi connectivity index (χ2v) is 13.5. The Morgan fingerprint density at radius 2 is 1.59 bits per heavy atom. The quantitative estimate of drug-likeness (QED) is 0.465. The molecular formula is C26H34ClN3S2. The molecule has 6 fully saturated rings. The molecule has 0 unspecified atom stereocenters. The van der Waals surface area contributed by atoms with Crippen LogP contribution < -0.4 is 4.90 Å². The lowest BCUT2D eigenvalue weighted by atomic mass is 9.53. The standard InChI is InChI=1S/C26H34ClN3S2/c1-25(2)22(29-7-9-32-10-8-29)23(30(24(25)31)21-6-4-3-5-20(21)27)28-26-14-17-11-18(15-26)13-19(12-17)16-26/h3-6,17-19,22H,7-16H2,1-2H3/t17?,18?,19?,22-,26?/m0/s1. The summed E-state index contributed by atoms with van der Waals surface area (Å²) in [6.45, 7) is 6.87. The summed E-state index contributed by atoms with van der Waals surface area (Å²) in [7, 11) is 0. The summed E-state index contributed by atoms with van der Waals surface area (Å²) >= 11 is 15.0. The van der Waals surface area contributed by atoms with Crippen molar-refractivity contribution in [2.75, 3.05) is 29.5 Å². The van der Waals surface area contributed by atoms with E-state index in [-0.39, 0.29) is 17.0 Å². The smallest absolute Gasteiger partial charge is 0.128 e. The van der Waals surface area contributed by atoms with Gasteiger partial charge in [0, 0.05) is 30.0 Å². The molecule has 0 radical (unpaired) electrons. The average molecular weight is 488 g/mol. The van der Waals surface area contributed by atoms with Crippen molar-refractivity contribution in [2.24, 2.45) is 28.2 Å². The van der Waals surface area contributed by atoms with Gasteiger partial charge in [-0.3, -0.25) is 14.8 Å². The molecule has 2 aliphatic heterocycles. The molecule has 1 atom stereocenters. The van der Waals surface area contributed by atoms with Crippen LogP contribution in [-0.4, -0.2) is 51.9 Å². The molecule has 6 heteroatoms. The van der Waals surface area contributed by atoms with Gasteiger partial charge in [-0.05, 0) is 68.4 Å². The van der Waals surface area contributed by atoms with Gasteiger partial charge in [-0.15, -0.1) is 0 Å². The van der Waals surface area contributed by atoms with E-state index in [1.54, 1.807) is 0 Å². The molecule has 0 spiro atoms. The van der Waals surface area contributed by atoms with Crippen molar-refractivity contribution in [3.8, 4) is 0 Å². The van der Waals surface area contributed by atoms with E-state index in [9.17, 15) is 0 Å². The number of para-hydroxylation sites is 1. The fraction of sp³-hybridized carbons (Fsp3) is 0.692. The molecule has 2 saturated heterocycles. The van der Waals surface area contributed by atoms with Crippen LogP contribution in [0.4, 0.5) is 5.69 Å². The van der Waals surface area contributed by atoms with Gasteiger partial charge in [-0.2, -0.15) is 11.8 Å². The minimum Gasteiger partial charge on any atom is -0.291 e. The van der Waals surface area contributed by atoms with Crippen molar-refractivity contribution in [1.82, 2.24) is 4.90 Å². The van der Waals surface area contributed by atoms with Crippen LogP contribution in [0.1, 0.15) is 52.4 Å². The number of hydrogen-bond acceptors (Lipinski definition) is 4. The van der Waals surface area contributed by atoms with E-state index in [0.717, 1.165) is 46.5 Å². The molecule has 4 saturated carbocycles. The topological polar surface area (TPSA) is 18.8 Å². The van der Waals surface area contributed by atoms with Crippen molar-refractivity contribution < 1.29 is 0 Å². The Morgan fingerprint density at radius 1 is 1.00 bits per heavy atom. The molecule has 1 aromatic rings. The van der Waals surface area contributed by atoms with Gasteiger partial charge >= 0.3 is 0 Å². The molecule has 3 nitrogen and oxygen atoms in total. The lowest BCUT2D eigenvalue weighted by Gasteiger charge is -2.55. The van der Waals surface area contributed by atoms with Crippen LogP contribution in [0.3, 0.4) is 0 Å². The minimum absolute atomic E-state index is 0.114. The number of anilines is 1. The number of hydrogen-bond donors (Lipinski definition) is 0. The summed E-state index contributed by atoms with van der Waals surface area (Å²) < 4.78 is 0. The van der Waals surface area contributed by atoms with Crippen LogP contribution in [0, 0.1) is 23.2 Å². The molecule has 0 N–H and O–H groups in total. The number of halogens is 1. The van der Waals surface area contributed by atoms with Crippen LogP contribution in [0.2, 0.25) is 5.02 Å². The highest BCUT2D eigenvalue weighted by Crippen LogP contribution is 2.58. The van der Waals surface area contributed by atoms with Gasteiger partial charge in [0.15, 0.2) is 0 Å². The van der Waals surface area contributed by atoms with Gasteiger partial charge in [0.2, 0.25) is 0 Å². The number of aliphatic imine (C=N–C) groups is 1. The van der Waals surface area contributed by atoms with E-state index >= 15 is 0 Å². The highest BCUT2D eigenvalue weighted by atomic mass is 35.5. The van der Waals surface area contributed by atoms with Crippen LogP contribution in [0.25, 0.3) is 0 Å². The van der Waals surface area contributed by atoms with Crippen molar-refractivity contribution in [2.45, 2.75) is 64.0 Å². The van der Waals surface area contributed by atoms with E-state index in [2.05, 4.69) is 47.5 Å². The van der Waals surface area contributed by atoms with E-state index in [0.29, 0.717) is 0 Å². The molecule has 7 rings (SSSR count). The monoisotopic (exact) mass is 487 g/mol. The van der Waals surface area contributed by atoms with Crippen LogP contribution in [0.5, 0.6) is 0 Å². The predicted molar refractivity (Wildman–Crippen MR) is 141 cm³/mol. The van der Waals surface area contributed by atoms with Gasteiger partial charge in [0.05, 0.1) is 27.3 Å². The summed E-state index contributed by atoms with van der Waals surface area (Å²) in [5.41, 5.74) is 0.963. The van der Waals surface area contributed by atoms with Gasteiger partial charge in [0.1, 0.15) is 5.84 Å². The lowest BCUT2D eigenvalue weighted by Crippen LogP contribution is -2.54. The second kappa shape index (κ2) is 7.96. The fourth-order valence-corrected chi connectivity index (χ4v) is 9.29. The molecule has 32 heavy (non-hydrogen) atoms. The third kappa shape index (κ3) is 3.49. The third-order valence-corrected chi connectivity index (χ3v) is 10.7. The Bertz CT molecular complexity index is 917. The molecule has 1 aromatic carbocycles. The van der Waals surface area contributed by atoms with E-state index in [1.807, 2.05) is 12.1 Å². The van der Waals surface area contributed by atoms with E-state index in [4.69, 9.17) is 28.8 Å². The maximum atomic E-state index is 6.76. The SMILES string of the molecule is CC1(C)C(=S)N(c2ccccc2Cl)C(=NC23CC4CC(CC(C4)C2)C3)[C@@H]1N1CCSCC1. The zero-order chi connectivity index (χ0) is 22.1. The van der Waals surface area contributed by atoms with Gasteiger partial charge in [0.25, 0.3) is 0 Å². The zero-order valence-corrected chi connectivity index (χ0v) is 21.6. The molecule has 0 amide bonds. The molecule has 2 heterocycles. The Kier molecular flexibility index (Phi) is 5.45. The fourth-order valence-electron chi connectivity index (χ4n) is 7.83. The molecule has 172 valence electrons. The van der Waals surface area contributed by atoms with Crippen LogP contribution >= 0.6 is 35.6 Å².